The van der Waals surface area contributed by atoms with Gasteiger partial charge < -0.3 is 14.1 Å². The maximum Gasteiger partial charge on any atom is 0.255 e. The molecule has 4 heterocycles. The summed E-state index contributed by atoms with van der Waals surface area (Å²) in [5, 5.41) is 0.588. The second-order valence-corrected chi connectivity index (χ2v) is 8.52. The molecule has 0 radical (unpaired) electrons. The number of benzene rings is 1. The molecule has 31 heavy (non-hydrogen) atoms. The number of morpholine rings is 1. The highest BCUT2D eigenvalue weighted by Gasteiger charge is 2.27. The van der Waals surface area contributed by atoms with Crippen molar-refractivity contribution >= 4 is 16.9 Å². The van der Waals surface area contributed by atoms with Gasteiger partial charge in [-0.2, -0.15) is 0 Å². The van der Waals surface area contributed by atoms with E-state index in [-0.39, 0.29) is 23.2 Å². The lowest BCUT2D eigenvalue weighted by Gasteiger charge is -2.36. The van der Waals surface area contributed by atoms with Crippen LogP contribution in [-0.2, 0) is 24.2 Å². The predicted octanol–water partition coefficient (Wildman–Crippen LogP) is 2.05. The molecular formula is C23H26N4O4. The smallest absolute Gasteiger partial charge is 0.255 e. The minimum absolute atomic E-state index is 0.0107. The Hall–Kier alpha value is -2.97. The Bertz CT molecular complexity index is 1220. The first-order valence-corrected chi connectivity index (χ1v) is 10.7. The average Bonchev–Trinajstić information content (AvgIpc) is 2.75. The summed E-state index contributed by atoms with van der Waals surface area (Å²) in [5.41, 5.74) is 2.64. The first kappa shape index (κ1) is 20.0. The fourth-order valence-corrected chi connectivity index (χ4v) is 4.58. The topological polar surface area (TPSA) is 91.7 Å². The van der Waals surface area contributed by atoms with Crippen molar-refractivity contribution in [3.63, 3.8) is 0 Å². The molecule has 0 aliphatic carbocycles. The summed E-state index contributed by atoms with van der Waals surface area (Å²) >= 11 is 0. The van der Waals surface area contributed by atoms with Gasteiger partial charge in [0.2, 0.25) is 5.95 Å². The monoisotopic (exact) mass is 422 g/mol. The van der Waals surface area contributed by atoms with E-state index in [4.69, 9.17) is 14.1 Å². The Morgan fingerprint density at radius 3 is 2.74 bits per heavy atom. The number of aromatic amines is 1. The van der Waals surface area contributed by atoms with Crippen LogP contribution in [-0.4, -0.2) is 46.7 Å². The fraction of sp³-hybridized carbons (Fsp3) is 0.435. The van der Waals surface area contributed by atoms with E-state index in [0.717, 1.165) is 11.3 Å². The molecule has 0 bridgehead atoms. The highest BCUT2D eigenvalue weighted by atomic mass is 16.5. The highest BCUT2D eigenvalue weighted by molar-refractivity contribution is 5.76. The Morgan fingerprint density at radius 2 is 1.94 bits per heavy atom. The number of rotatable bonds is 3. The maximum absolute atomic E-state index is 12.8. The fourth-order valence-electron chi connectivity index (χ4n) is 4.58. The number of para-hydroxylation sites is 1. The van der Waals surface area contributed by atoms with Gasteiger partial charge in [-0.25, -0.2) is 4.98 Å². The SMILES string of the molecule is C[C@@H]1CN(c2nc3c(c(=O)[nH]2)CCN(Cc2coc4ccccc4c2=O)C3)C[C@@H](C)O1. The summed E-state index contributed by atoms with van der Waals surface area (Å²) in [5.74, 6) is 0.595. The van der Waals surface area contributed by atoms with Gasteiger partial charge in [-0.3, -0.25) is 19.5 Å². The minimum atomic E-state index is -0.0725. The van der Waals surface area contributed by atoms with Crippen LogP contribution in [0.2, 0.25) is 0 Å². The Labute approximate surface area is 179 Å². The summed E-state index contributed by atoms with van der Waals surface area (Å²) < 4.78 is 11.5. The van der Waals surface area contributed by atoms with Crippen molar-refractivity contribution in [1.29, 1.82) is 0 Å². The van der Waals surface area contributed by atoms with Crippen molar-refractivity contribution in [3.8, 4) is 0 Å². The van der Waals surface area contributed by atoms with E-state index >= 15 is 0 Å². The standard InChI is InChI=1S/C23H26N4O4/c1-14-9-27(10-15(2)31-14)23-24-19-12-26(8-7-17(19)22(29)25-23)11-16-13-30-20-6-4-3-5-18(20)21(16)28/h3-6,13-15H,7-12H2,1-2H3,(H,24,25,29)/t14-,15-/m1/s1. The van der Waals surface area contributed by atoms with Gasteiger partial charge in [-0.05, 0) is 32.4 Å². The Morgan fingerprint density at radius 1 is 1.16 bits per heavy atom. The summed E-state index contributed by atoms with van der Waals surface area (Å²) in [6, 6.07) is 7.27. The average molecular weight is 422 g/mol. The molecule has 0 saturated carbocycles. The van der Waals surface area contributed by atoms with E-state index in [9.17, 15) is 9.59 Å². The normalized spacial score (nSPS) is 21.9. The van der Waals surface area contributed by atoms with Crippen LogP contribution >= 0.6 is 0 Å². The molecule has 0 unspecified atom stereocenters. The molecule has 2 aromatic heterocycles. The van der Waals surface area contributed by atoms with Gasteiger partial charge in [0.25, 0.3) is 5.56 Å². The van der Waals surface area contributed by atoms with E-state index in [1.807, 2.05) is 26.0 Å². The van der Waals surface area contributed by atoms with Gasteiger partial charge in [0.05, 0.1) is 29.6 Å². The number of ether oxygens (including phenoxy) is 1. The molecule has 2 aliphatic heterocycles. The molecular weight excluding hydrogens is 396 g/mol. The quantitative estimate of drug-likeness (QED) is 0.691. The third kappa shape index (κ3) is 3.88. The number of nitrogens with zero attached hydrogens (tertiary/aromatic N) is 3. The zero-order valence-electron chi connectivity index (χ0n) is 17.8. The van der Waals surface area contributed by atoms with Crippen LogP contribution in [0.3, 0.4) is 0 Å². The summed E-state index contributed by atoms with van der Waals surface area (Å²) in [6.45, 7) is 7.10. The van der Waals surface area contributed by atoms with Gasteiger partial charge in [0.1, 0.15) is 5.58 Å². The summed E-state index contributed by atoms with van der Waals surface area (Å²) in [6.07, 6.45) is 2.31. The third-order valence-electron chi connectivity index (χ3n) is 6.00. The highest BCUT2D eigenvalue weighted by Crippen LogP contribution is 2.21. The van der Waals surface area contributed by atoms with Crippen LogP contribution < -0.4 is 15.9 Å². The number of nitrogens with one attached hydrogen (secondary N) is 1. The van der Waals surface area contributed by atoms with Gasteiger partial charge in [-0.1, -0.05) is 12.1 Å². The van der Waals surface area contributed by atoms with Gasteiger partial charge in [0, 0.05) is 43.9 Å². The van der Waals surface area contributed by atoms with Crippen molar-refractivity contribution in [3.05, 3.63) is 67.9 Å². The zero-order chi connectivity index (χ0) is 21.5. The lowest BCUT2D eigenvalue weighted by Crippen LogP contribution is -2.47. The third-order valence-corrected chi connectivity index (χ3v) is 6.00. The van der Waals surface area contributed by atoms with Gasteiger partial charge >= 0.3 is 0 Å². The summed E-state index contributed by atoms with van der Waals surface area (Å²) in [4.78, 5) is 37.6. The molecule has 8 nitrogen and oxygen atoms in total. The Kier molecular flexibility index (Phi) is 5.11. The lowest BCUT2D eigenvalue weighted by molar-refractivity contribution is -0.00576. The van der Waals surface area contributed by atoms with Crippen LogP contribution in [0.15, 0.2) is 44.5 Å². The second-order valence-electron chi connectivity index (χ2n) is 8.52. The second kappa shape index (κ2) is 7.94. The van der Waals surface area contributed by atoms with Gasteiger partial charge in [-0.15, -0.1) is 0 Å². The molecule has 0 spiro atoms. The zero-order valence-corrected chi connectivity index (χ0v) is 17.8. The first-order chi connectivity index (χ1) is 15.0. The first-order valence-electron chi connectivity index (χ1n) is 10.7. The summed E-state index contributed by atoms with van der Waals surface area (Å²) in [7, 11) is 0. The largest absolute Gasteiger partial charge is 0.464 e. The van der Waals surface area contributed by atoms with E-state index in [1.54, 1.807) is 18.4 Å². The molecule has 5 rings (SSSR count). The molecule has 1 saturated heterocycles. The van der Waals surface area contributed by atoms with Crippen LogP contribution in [0.25, 0.3) is 11.0 Å². The van der Waals surface area contributed by atoms with E-state index in [2.05, 4.69) is 14.8 Å². The maximum atomic E-state index is 12.8. The van der Waals surface area contributed by atoms with Crippen molar-refractivity contribution in [2.45, 2.75) is 45.6 Å². The van der Waals surface area contributed by atoms with Crippen LogP contribution in [0.5, 0.6) is 0 Å². The van der Waals surface area contributed by atoms with Crippen molar-refractivity contribution in [1.82, 2.24) is 14.9 Å². The van der Waals surface area contributed by atoms with E-state index in [1.165, 1.54) is 0 Å². The number of anilines is 1. The van der Waals surface area contributed by atoms with Crippen molar-refractivity contribution in [2.75, 3.05) is 24.5 Å². The number of hydrogen-bond donors (Lipinski definition) is 1. The predicted molar refractivity (Wildman–Crippen MR) is 117 cm³/mol. The van der Waals surface area contributed by atoms with E-state index < -0.39 is 0 Å². The molecule has 3 aromatic rings. The molecule has 1 aromatic carbocycles. The molecule has 8 heteroatoms. The molecule has 1 N–H and O–H groups in total. The molecule has 2 atom stereocenters. The van der Waals surface area contributed by atoms with Crippen molar-refractivity contribution < 1.29 is 9.15 Å². The molecule has 162 valence electrons. The van der Waals surface area contributed by atoms with Gasteiger partial charge in [0.15, 0.2) is 5.43 Å². The van der Waals surface area contributed by atoms with Crippen LogP contribution in [0.1, 0.15) is 30.7 Å². The molecule has 0 amide bonds. The molecule has 2 aliphatic rings. The molecule has 1 fully saturated rings. The number of fused-ring (bicyclic) bond motifs is 2. The van der Waals surface area contributed by atoms with Crippen LogP contribution in [0.4, 0.5) is 5.95 Å². The van der Waals surface area contributed by atoms with E-state index in [0.29, 0.717) is 61.6 Å². The van der Waals surface area contributed by atoms with Crippen LogP contribution in [0, 0.1) is 0 Å². The number of H-pyrrole nitrogens is 1. The minimum Gasteiger partial charge on any atom is -0.464 e. The Balaban J connectivity index is 1.40. The van der Waals surface area contributed by atoms with Crippen molar-refractivity contribution in [2.24, 2.45) is 0 Å². The number of hydrogen-bond acceptors (Lipinski definition) is 7. The number of aromatic nitrogens is 2. The lowest BCUT2D eigenvalue weighted by atomic mass is 10.1.